The summed E-state index contributed by atoms with van der Waals surface area (Å²) in [6, 6.07) is 3.52. The summed E-state index contributed by atoms with van der Waals surface area (Å²) in [5, 5.41) is 0. The summed E-state index contributed by atoms with van der Waals surface area (Å²) in [4.78, 5) is 0. The van der Waals surface area contributed by atoms with Gasteiger partial charge in [0.05, 0.1) is 6.61 Å². The summed E-state index contributed by atoms with van der Waals surface area (Å²) in [7, 11) is 0. The number of halogens is 3. The second-order valence-electron chi connectivity index (χ2n) is 4.06. The van der Waals surface area contributed by atoms with Crippen LogP contribution in [0.4, 0.5) is 12.9 Å². The molecule has 0 radical (unpaired) electrons. The van der Waals surface area contributed by atoms with E-state index in [1.165, 1.54) is 6.07 Å². The second-order valence-corrected chi connectivity index (χ2v) is 4.06. The Bertz CT molecular complexity index is 386. The Morgan fingerprint density at radius 1 is 1.11 bits per heavy atom. The van der Waals surface area contributed by atoms with E-state index in [9.17, 15) is 12.9 Å². The van der Waals surface area contributed by atoms with Crippen LogP contribution in [0.3, 0.4) is 0 Å². The van der Waals surface area contributed by atoms with Crippen LogP contribution in [0.15, 0.2) is 18.2 Å². The van der Waals surface area contributed by atoms with Crippen LogP contribution in [-0.2, 0) is 4.74 Å². The Hall–Kier alpha value is 0.471. The summed E-state index contributed by atoms with van der Waals surface area (Å²) in [5.41, 5.74) is -0.107. The number of aryl methyl sites for hydroxylation is 1. The molecule has 0 saturated carbocycles. The first-order valence-electron chi connectivity index (χ1n) is 5.96. The van der Waals surface area contributed by atoms with E-state index in [-0.39, 0.29) is 51.4 Å². The molecule has 0 unspecified atom stereocenters. The molecule has 2 nitrogen and oxygen atoms in total. The van der Waals surface area contributed by atoms with E-state index in [0.29, 0.717) is 31.1 Å². The van der Waals surface area contributed by atoms with Crippen molar-refractivity contribution >= 4 is 12.4 Å². The van der Waals surface area contributed by atoms with E-state index in [4.69, 9.17) is 9.47 Å². The molecule has 0 bridgehead atoms. The van der Waals surface area contributed by atoms with Crippen molar-refractivity contribution in [2.75, 3.05) is 19.8 Å². The molecule has 7 heteroatoms. The average Bonchev–Trinajstić information content (AvgIpc) is 2.29. The zero-order valence-corrected chi connectivity index (χ0v) is 14.7. The maximum Gasteiger partial charge on any atom is 1.00 e. The van der Waals surface area contributed by atoms with Crippen LogP contribution in [0.5, 0.6) is 5.75 Å². The van der Waals surface area contributed by atoms with Gasteiger partial charge in [0.2, 0.25) is 0 Å². The zero-order valence-electron chi connectivity index (χ0n) is 11.6. The Morgan fingerprint density at radius 2 is 1.79 bits per heavy atom. The third-order valence-electron chi connectivity index (χ3n) is 2.41. The smallest absolute Gasteiger partial charge is 0.491 e. The van der Waals surface area contributed by atoms with Gasteiger partial charge in [-0.25, -0.2) is 0 Å². The Labute approximate surface area is 154 Å². The number of rotatable bonds is 7. The molecule has 0 aliphatic heterocycles. The van der Waals surface area contributed by atoms with Crippen LogP contribution in [0.2, 0.25) is 0 Å². The van der Waals surface area contributed by atoms with Gasteiger partial charge in [-0.05, 0) is 25.0 Å². The zero-order chi connectivity index (χ0) is 13.6. The molecular formula is C12H17BF3KO2. The van der Waals surface area contributed by atoms with E-state index in [2.05, 4.69) is 0 Å². The summed E-state index contributed by atoms with van der Waals surface area (Å²) < 4.78 is 48.1. The molecule has 1 rings (SSSR count). The predicted octanol–water partition coefficient (Wildman–Crippen LogP) is -0.141. The van der Waals surface area contributed by atoms with Crippen LogP contribution in [0.25, 0.3) is 0 Å². The SMILES string of the molecule is CCCOCCOc1ccc([B-](F)(F)F)cc1C.[K+]. The first-order valence-corrected chi connectivity index (χ1v) is 5.96. The largest absolute Gasteiger partial charge is 1.00 e. The van der Waals surface area contributed by atoms with Crippen molar-refractivity contribution in [3.8, 4) is 5.75 Å². The number of ether oxygens (including phenoxy) is 2. The van der Waals surface area contributed by atoms with Crippen LogP contribution in [0.1, 0.15) is 18.9 Å². The number of hydrogen-bond acceptors (Lipinski definition) is 2. The van der Waals surface area contributed by atoms with Gasteiger partial charge < -0.3 is 22.4 Å². The van der Waals surface area contributed by atoms with Crippen molar-refractivity contribution in [1.29, 1.82) is 0 Å². The fourth-order valence-electron chi connectivity index (χ4n) is 1.50. The molecule has 0 aromatic heterocycles. The predicted molar refractivity (Wildman–Crippen MR) is 66.5 cm³/mol. The van der Waals surface area contributed by atoms with Crippen molar-refractivity contribution in [1.82, 2.24) is 0 Å². The Balaban J connectivity index is 0.00000324. The van der Waals surface area contributed by atoms with Crippen molar-refractivity contribution in [2.24, 2.45) is 0 Å². The first kappa shape index (κ1) is 19.5. The normalized spacial score (nSPS) is 11.0. The van der Waals surface area contributed by atoms with Gasteiger partial charge in [-0.1, -0.05) is 19.1 Å². The third kappa shape index (κ3) is 7.15. The molecule has 0 aliphatic carbocycles. The first-order chi connectivity index (χ1) is 8.45. The van der Waals surface area contributed by atoms with Crippen molar-refractivity contribution in [3.63, 3.8) is 0 Å². The van der Waals surface area contributed by atoms with Gasteiger partial charge in [-0.15, -0.1) is 5.46 Å². The van der Waals surface area contributed by atoms with Gasteiger partial charge in [0.15, 0.2) is 0 Å². The molecule has 0 spiro atoms. The average molecular weight is 300 g/mol. The van der Waals surface area contributed by atoms with E-state index in [1.54, 1.807) is 6.92 Å². The second kappa shape index (κ2) is 9.42. The standard InChI is InChI=1S/C12H17BF3O2.K/c1-3-6-17-7-8-18-12-5-4-11(9-10(12)2)13(14,15)16;/h4-5,9H,3,6-8H2,1-2H3;/q-1;+1. The van der Waals surface area contributed by atoms with E-state index < -0.39 is 12.4 Å². The fraction of sp³-hybridized carbons (Fsp3) is 0.500. The van der Waals surface area contributed by atoms with E-state index in [1.807, 2.05) is 6.92 Å². The molecule has 0 aliphatic rings. The Kier molecular flexibility index (Phi) is 9.65. The van der Waals surface area contributed by atoms with Gasteiger partial charge in [0.25, 0.3) is 0 Å². The minimum atomic E-state index is -4.94. The van der Waals surface area contributed by atoms with Gasteiger partial charge in [0.1, 0.15) is 12.4 Å². The van der Waals surface area contributed by atoms with Crippen LogP contribution in [0, 0.1) is 6.92 Å². The maximum absolute atomic E-state index is 12.5. The van der Waals surface area contributed by atoms with Crippen molar-refractivity contribution < 1.29 is 73.8 Å². The molecule has 102 valence electrons. The summed E-state index contributed by atoms with van der Waals surface area (Å²) >= 11 is 0. The monoisotopic (exact) mass is 300 g/mol. The fourth-order valence-corrected chi connectivity index (χ4v) is 1.50. The Morgan fingerprint density at radius 3 is 2.32 bits per heavy atom. The minimum Gasteiger partial charge on any atom is -0.491 e. The number of benzene rings is 1. The van der Waals surface area contributed by atoms with Gasteiger partial charge in [-0.3, -0.25) is 0 Å². The molecule has 0 fully saturated rings. The number of hydrogen-bond donors (Lipinski definition) is 0. The molecule has 0 saturated heterocycles. The van der Waals surface area contributed by atoms with Crippen LogP contribution >= 0.6 is 0 Å². The van der Waals surface area contributed by atoms with Gasteiger partial charge in [0, 0.05) is 6.61 Å². The molecule has 0 heterocycles. The molecular weight excluding hydrogens is 283 g/mol. The molecule has 0 N–H and O–H groups in total. The molecule has 19 heavy (non-hydrogen) atoms. The summed E-state index contributed by atoms with van der Waals surface area (Å²) in [5.74, 6) is 0.471. The van der Waals surface area contributed by atoms with Gasteiger partial charge in [-0.2, -0.15) is 0 Å². The van der Waals surface area contributed by atoms with Gasteiger partial charge >= 0.3 is 58.4 Å². The van der Waals surface area contributed by atoms with E-state index in [0.717, 1.165) is 18.6 Å². The van der Waals surface area contributed by atoms with Crippen molar-refractivity contribution in [3.05, 3.63) is 23.8 Å². The topological polar surface area (TPSA) is 18.5 Å². The summed E-state index contributed by atoms with van der Waals surface area (Å²) in [6.07, 6.45) is 0.932. The van der Waals surface area contributed by atoms with E-state index >= 15 is 0 Å². The van der Waals surface area contributed by atoms with Crippen molar-refractivity contribution in [2.45, 2.75) is 20.3 Å². The molecule has 1 aromatic rings. The quantitative estimate of drug-likeness (QED) is 0.515. The molecule has 0 atom stereocenters. The summed E-state index contributed by atoms with van der Waals surface area (Å²) in [6.45, 7) is 0.115. The van der Waals surface area contributed by atoms with Crippen LogP contribution in [-0.4, -0.2) is 26.8 Å². The van der Waals surface area contributed by atoms with Crippen LogP contribution < -0.4 is 61.6 Å². The maximum atomic E-state index is 12.5. The third-order valence-corrected chi connectivity index (χ3v) is 2.41. The molecule has 1 aromatic carbocycles. The molecule has 0 amide bonds. The minimum absolute atomic E-state index is 0.